The van der Waals surface area contributed by atoms with Crippen LogP contribution in [-0.2, 0) is 14.3 Å². The van der Waals surface area contributed by atoms with Crippen LogP contribution in [-0.4, -0.2) is 47.4 Å². The van der Waals surface area contributed by atoms with Crippen molar-refractivity contribution in [1.82, 2.24) is 5.32 Å². The second-order valence-corrected chi connectivity index (χ2v) is 15.0. The van der Waals surface area contributed by atoms with E-state index in [-0.39, 0.29) is 18.5 Å². The summed E-state index contributed by atoms with van der Waals surface area (Å²) in [6.45, 7) is 4.85. The molecule has 6 nitrogen and oxygen atoms in total. The number of unbranched alkanes of at least 4 members (excludes halogenated alkanes) is 27. The molecule has 6 heteroatoms. The first-order chi connectivity index (χ1) is 24.5. The predicted octanol–water partition coefficient (Wildman–Crippen LogP) is 12.2. The van der Waals surface area contributed by atoms with E-state index in [0.717, 1.165) is 57.8 Å². The normalized spacial score (nSPS) is 12.8. The van der Waals surface area contributed by atoms with Crippen molar-refractivity contribution in [3.8, 4) is 0 Å². The third-order valence-electron chi connectivity index (χ3n) is 10.1. The van der Waals surface area contributed by atoms with E-state index in [0.29, 0.717) is 25.9 Å². The van der Waals surface area contributed by atoms with Crippen molar-refractivity contribution in [2.24, 2.45) is 0 Å². The molecule has 50 heavy (non-hydrogen) atoms. The molecule has 296 valence electrons. The molecule has 0 bridgehead atoms. The van der Waals surface area contributed by atoms with E-state index in [1.165, 1.54) is 141 Å². The quantitative estimate of drug-likeness (QED) is 0.0335. The van der Waals surface area contributed by atoms with Crippen LogP contribution in [0.25, 0.3) is 0 Å². The Bertz CT molecular complexity index is 742. The molecular formula is C44H85NO5. The third kappa shape index (κ3) is 36.4. The van der Waals surface area contributed by atoms with Gasteiger partial charge in [0.15, 0.2) is 0 Å². The molecule has 3 N–H and O–H groups in total. The lowest BCUT2D eigenvalue weighted by Crippen LogP contribution is -2.45. The summed E-state index contributed by atoms with van der Waals surface area (Å²) in [5, 5.41) is 23.0. The fourth-order valence-corrected chi connectivity index (χ4v) is 6.63. The van der Waals surface area contributed by atoms with Crippen LogP contribution in [0.1, 0.15) is 232 Å². The van der Waals surface area contributed by atoms with Crippen molar-refractivity contribution in [1.29, 1.82) is 0 Å². The van der Waals surface area contributed by atoms with Crippen LogP contribution in [0.5, 0.6) is 0 Å². The van der Waals surface area contributed by atoms with Crippen LogP contribution in [0.4, 0.5) is 0 Å². The summed E-state index contributed by atoms with van der Waals surface area (Å²) >= 11 is 0. The van der Waals surface area contributed by atoms with Gasteiger partial charge in [-0.3, -0.25) is 9.59 Å². The number of rotatable bonds is 40. The number of aliphatic hydroxyl groups excluding tert-OH is 2. The van der Waals surface area contributed by atoms with Crippen molar-refractivity contribution >= 4 is 11.9 Å². The third-order valence-corrected chi connectivity index (χ3v) is 10.1. The summed E-state index contributed by atoms with van der Waals surface area (Å²) in [6.07, 6.45) is 43.0. The lowest BCUT2D eigenvalue weighted by molar-refractivity contribution is -0.143. The van der Waals surface area contributed by atoms with Crippen molar-refractivity contribution < 1.29 is 24.5 Å². The molecule has 0 fully saturated rings. The fraction of sp³-hybridized carbons (Fsp3) is 0.909. The van der Waals surface area contributed by atoms with E-state index in [1.54, 1.807) is 0 Å². The first-order valence-electron chi connectivity index (χ1n) is 21.9. The van der Waals surface area contributed by atoms with Crippen LogP contribution in [0.2, 0.25) is 0 Å². The van der Waals surface area contributed by atoms with Gasteiger partial charge in [0.05, 0.1) is 25.4 Å². The average molecular weight is 708 g/mol. The number of nitrogens with one attached hydrogen (secondary N) is 1. The summed E-state index contributed by atoms with van der Waals surface area (Å²) in [7, 11) is 0. The Hall–Kier alpha value is -1.40. The number of carbonyl (C=O) groups is 2. The predicted molar refractivity (Wildman–Crippen MR) is 213 cm³/mol. The number of carbonyl (C=O) groups excluding carboxylic acids is 2. The van der Waals surface area contributed by atoms with Gasteiger partial charge in [0.2, 0.25) is 5.91 Å². The maximum Gasteiger partial charge on any atom is 0.305 e. The van der Waals surface area contributed by atoms with E-state index >= 15 is 0 Å². The monoisotopic (exact) mass is 708 g/mol. The van der Waals surface area contributed by atoms with E-state index < -0.39 is 12.1 Å². The van der Waals surface area contributed by atoms with Crippen molar-refractivity contribution in [3.63, 3.8) is 0 Å². The molecule has 0 spiro atoms. The van der Waals surface area contributed by atoms with E-state index in [2.05, 4.69) is 31.3 Å². The zero-order chi connectivity index (χ0) is 36.6. The number of esters is 1. The highest BCUT2D eigenvalue weighted by molar-refractivity contribution is 5.76. The van der Waals surface area contributed by atoms with Crippen LogP contribution in [0, 0.1) is 0 Å². The minimum absolute atomic E-state index is 0.0349. The second-order valence-electron chi connectivity index (χ2n) is 15.0. The molecule has 2 atom stereocenters. The van der Waals surface area contributed by atoms with Gasteiger partial charge in [-0.05, 0) is 51.4 Å². The van der Waals surface area contributed by atoms with E-state index in [9.17, 15) is 19.8 Å². The SMILES string of the molecule is CCCCCC/C=C\CCCCCCCC(=O)OCCCCCCCCCCCC(=O)NC(CO)C(O)CCCCCCCCCCCCC. The Morgan fingerprint density at radius 2 is 0.940 bits per heavy atom. The first kappa shape index (κ1) is 48.6. The molecule has 0 aliphatic carbocycles. The maximum atomic E-state index is 12.4. The molecule has 0 radical (unpaired) electrons. The molecule has 1 amide bonds. The summed E-state index contributed by atoms with van der Waals surface area (Å²) in [4.78, 5) is 24.3. The van der Waals surface area contributed by atoms with Gasteiger partial charge in [-0.15, -0.1) is 0 Å². The van der Waals surface area contributed by atoms with Crippen molar-refractivity contribution in [2.75, 3.05) is 13.2 Å². The smallest absolute Gasteiger partial charge is 0.305 e. The summed E-state index contributed by atoms with van der Waals surface area (Å²) in [5.41, 5.74) is 0. The average Bonchev–Trinajstić information content (AvgIpc) is 3.11. The second kappa shape index (κ2) is 40.4. The number of hydrogen-bond acceptors (Lipinski definition) is 5. The van der Waals surface area contributed by atoms with Gasteiger partial charge in [0.1, 0.15) is 0 Å². The molecule has 2 unspecified atom stereocenters. The van der Waals surface area contributed by atoms with Gasteiger partial charge in [0.25, 0.3) is 0 Å². The summed E-state index contributed by atoms with van der Waals surface area (Å²) in [6, 6.07) is -0.559. The van der Waals surface area contributed by atoms with Gasteiger partial charge >= 0.3 is 5.97 Å². The fourth-order valence-electron chi connectivity index (χ4n) is 6.63. The standard InChI is InChI=1S/C44H85NO5/c1-3-5-7-9-11-13-15-16-18-22-26-30-34-38-44(49)50-39-35-31-27-23-19-21-25-29-33-37-43(48)45-41(40-46)42(47)36-32-28-24-20-17-14-12-10-8-6-4-2/h13,15,41-42,46-47H,3-12,14,16-40H2,1-2H3,(H,45,48)/b15-13-. The number of hydrogen-bond donors (Lipinski definition) is 3. The zero-order valence-corrected chi connectivity index (χ0v) is 33.4. The van der Waals surface area contributed by atoms with Crippen molar-refractivity contribution in [2.45, 2.75) is 244 Å². The Balaban J connectivity index is 3.50. The van der Waals surface area contributed by atoms with Gasteiger partial charge in [0, 0.05) is 12.8 Å². The highest BCUT2D eigenvalue weighted by Gasteiger charge is 2.20. The Morgan fingerprint density at radius 1 is 0.540 bits per heavy atom. The highest BCUT2D eigenvalue weighted by Crippen LogP contribution is 2.15. The number of allylic oxidation sites excluding steroid dienone is 2. The minimum atomic E-state index is -0.679. The summed E-state index contributed by atoms with van der Waals surface area (Å²) < 4.78 is 5.42. The lowest BCUT2D eigenvalue weighted by Gasteiger charge is -2.22. The zero-order valence-electron chi connectivity index (χ0n) is 33.4. The van der Waals surface area contributed by atoms with Crippen molar-refractivity contribution in [3.05, 3.63) is 12.2 Å². The highest BCUT2D eigenvalue weighted by atomic mass is 16.5. The molecule has 0 saturated heterocycles. The number of aliphatic hydroxyl groups is 2. The van der Waals surface area contributed by atoms with Gasteiger partial charge in [-0.1, -0.05) is 180 Å². The molecule has 0 aliphatic rings. The van der Waals surface area contributed by atoms with Crippen LogP contribution in [0.15, 0.2) is 12.2 Å². The van der Waals surface area contributed by atoms with Crippen LogP contribution in [0.3, 0.4) is 0 Å². The molecule has 0 rings (SSSR count). The summed E-state index contributed by atoms with van der Waals surface area (Å²) in [5.74, 6) is -0.0997. The van der Waals surface area contributed by atoms with Gasteiger partial charge in [-0.2, -0.15) is 0 Å². The van der Waals surface area contributed by atoms with Crippen LogP contribution >= 0.6 is 0 Å². The van der Waals surface area contributed by atoms with E-state index in [1.807, 2.05) is 0 Å². The lowest BCUT2D eigenvalue weighted by atomic mass is 10.0. The molecule has 0 saturated carbocycles. The Labute approximate surface area is 310 Å². The molecule has 0 aromatic heterocycles. The maximum absolute atomic E-state index is 12.4. The van der Waals surface area contributed by atoms with Gasteiger partial charge < -0.3 is 20.3 Å². The molecule has 0 aromatic carbocycles. The minimum Gasteiger partial charge on any atom is -0.466 e. The topological polar surface area (TPSA) is 95.9 Å². The van der Waals surface area contributed by atoms with E-state index in [4.69, 9.17) is 4.74 Å². The Morgan fingerprint density at radius 3 is 1.44 bits per heavy atom. The molecule has 0 heterocycles. The largest absolute Gasteiger partial charge is 0.466 e. The number of amides is 1. The molecular weight excluding hydrogens is 622 g/mol. The molecule has 0 aromatic rings. The first-order valence-corrected chi connectivity index (χ1v) is 21.9. The number of ether oxygens (including phenoxy) is 1. The Kier molecular flexibility index (Phi) is 39.2. The molecule has 0 aliphatic heterocycles. The van der Waals surface area contributed by atoms with Crippen LogP contribution < -0.4 is 5.32 Å². The van der Waals surface area contributed by atoms with Gasteiger partial charge in [-0.25, -0.2) is 0 Å².